The second-order valence-corrected chi connectivity index (χ2v) is 4.65. The van der Waals surface area contributed by atoms with Gasteiger partial charge in [0.25, 0.3) is 5.91 Å². The van der Waals surface area contributed by atoms with E-state index in [0.717, 1.165) is 31.4 Å². The Labute approximate surface area is 99.9 Å². The van der Waals surface area contributed by atoms with Crippen LogP contribution in [0.15, 0.2) is 16.8 Å². The molecular weight excluding hydrogens is 230 g/mol. The molecule has 0 atom stereocenters. The van der Waals surface area contributed by atoms with Crippen molar-refractivity contribution in [1.29, 1.82) is 0 Å². The molecule has 84 valence electrons. The number of rotatable bonds is 6. The van der Waals surface area contributed by atoms with Crippen LogP contribution in [0.3, 0.4) is 0 Å². The Hall–Kier alpha value is -0.540. The number of carbonyl (C=O) groups excluding carboxylic acids is 1. The van der Waals surface area contributed by atoms with Crippen molar-refractivity contribution >= 4 is 28.8 Å². The van der Waals surface area contributed by atoms with Crippen molar-refractivity contribution in [3.05, 3.63) is 22.4 Å². The number of hydrogen-bond donors (Lipinski definition) is 0. The highest BCUT2D eigenvalue weighted by Crippen LogP contribution is 2.09. The van der Waals surface area contributed by atoms with Crippen LogP contribution in [0.2, 0.25) is 0 Å². The second-order valence-electron chi connectivity index (χ2n) is 3.49. The van der Waals surface area contributed by atoms with E-state index in [0.29, 0.717) is 5.88 Å². The highest BCUT2D eigenvalue weighted by molar-refractivity contribution is 7.08. The molecule has 0 aliphatic rings. The quantitative estimate of drug-likeness (QED) is 0.557. The summed E-state index contributed by atoms with van der Waals surface area (Å²) in [5.74, 6) is 0.824. The fourth-order valence-electron chi connectivity index (χ4n) is 1.33. The third-order valence-corrected chi connectivity index (χ3v) is 3.19. The number of carbonyl (C=O) groups is 1. The number of unbranched alkanes of at least 4 members (excludes halogenated alkanes) is 2. The second kappa shape index (κ2) is 6.85. The van der Waals surface area contributed by atoms with Gasteiger partial charge in [0.1, 0.15) is 0 Å². The zero-order chi connectivity index (χ0) is 11.1. The molecular formula is C11H16ClNOS. The van der Waals surface area contributed by atoms with E-state index in [1.807, 2.05) is 23.9 Å². The van der Waals surface area contributed by atoms with Crippen molar-refractivity contribution in [2.45, 2.75) is 19.3 Å². The smallest absolute Gasteiger partial charge is 0.254 e. The average molecular weight is 246 g/mol. The largest absolute Gasteiger partial charge is 0.342 e. The first-order chi connectivity index (χ1) is 7.25. The first-order valence-corrected chi connectivity index (χ1v) is 6.57. The molecule has 1 aromatic rings. The van der Waals surface area contributed by atoms with E-state index in [9.17, 15) is 4.79 Å². The Kier molecular flexibility index (Phi) is 5.73. The Morgan fingerprint density at radius 3 is 2.87 bits per heavy atom. The van der Waals surface area contributed by atoms with E-state index in [1.165, 1.54) is 0 Å². The Bertz CT molecular complexity index is 287. The summed E-state index contributed by atoms with van der Waals surface area (Å²) in [5, 5.41) is 3.81. The van der Waals surface area contributed by atoms with E-state index < -0.39 is 0 Å². The normalized spacial score (nSPS) is 10.3. The highest BCUT2D eigenvalue weighted by Gasteiger charge is 2.10. The molecule has 0 aromatic carbocycles. The number of thiophene rings is 1. The summed E-state index contributed by atoms with van der Waals surface area (Å²) in [6, 6.07) is 1.86. The van der Waals surface area contributed by atoms with Gasteiger partial charge in [0, 0.05) is 24.9 Å². The topological polar surface area (TPSA) is 20.3 Å². The molecule has 0 bridgehead atoms. The van der Waals surface area contributed by atoms with Gasteiger partial charge in [-0.3, -0.25) is 4.79 Å². The Morgan fingerprint density at radius 2 is 2.27 bits per heavy atom. The van der Waals surface area contributed by atoms with Gasteiger partial charge < -0.3 is 4.90 Å². The molecule has 0 aliphatic heterocycles. The van der Waals surface area contributed by atoms with Crippen LogP contribution in [0, 0.1) is 0 Å². The highest BCUT2D eigenvalue weighted by atomic mass is 35.5. The molecule has 1 heterocycles. The first-order valence-electron chi connectivity index (χ1n) is 5.09. The molecule has 0 spiro atoms. The van der Waals surface area contributed by atoms with E-state index in [-0.39, 0.29) is 5.91 Å². The van der Waals surface area contributed by atoms with Gasteiger partial charge in [-0.1, -0.05) is 6.42 Å². The predicted octanol–water partition coefficient (Wildman–Crippen LogP) is 3.23. The van der Waals surface area contributed by atoms with Crippen LogP contribution >= 0.6 is 22.9 Å². The molecule has 1 rings (SSSR count). The molecule has 0 radical (unpaired) electrons. The molecule has 15 heavy (non-hydrogen) atoms. The van der Waals surface area contributed by atoms with Crippen molar-refractivity contribution in [1.82, 2.24) is 4.90 Å². The maximum absolute atomic E-state index is 11.8. The fourth-order valence-corrected chi connectivity index (χ4v) is 2.15. The summed E-state index contributed by atoms with van der Waals surface area (Å²) in [6.07, 6.45) is 3.14. The third kappa shape index (κ3) is 4.22. The van der Waals surface area contributed by atoms with Crippen LogP contribution in [-0.2, 0) is 0 Å². The van der Waals surface area contributed by atoms with Crippen molar-refractivity contribution in [3.63, 3.8) is 0 Å². The number of hydrogen-bond acceptors (Lipinski definition) is 2. The minimum atomic E-state index is 0.113. The minimum absolute atomic E-state index is 0.113. The van der Waals surface area contributed by atoms with Crippen LogP contribution in [-0.4, -0.2) is 30.3 Å². The molecule has 0 saturated carbocycles. The predicted molar refractivity (Wildman–Crippen MR) is 65.9 cm³/mol. The van der Waals surface area contributed by atoms with E-state index in [4.69, 9.17) is 11.6 Å². The summed E-state index contributed by atoms with van der Waals surface area (Å²) >= 11 is 7.13. The summed E-state index contributed by atoms with van der Waals surface area (Å²) in [7, 11) is 1.85. The lowest BCUT2D eigenvalue weighted by atomic mass is 10.2. The zero-order valence-corrected chi connectivity index (χ0v) is 10.5. The molecule has 1 amide bonds. The summed E-state index contributed by atoms with van der Waals surface area (Å²) in [6.45, 7) is 0.811. The third-order valence-electron chi connectivity index (χ3n) is 2.24. The number of nitrogens with zero attached hydrogens (tertiary/aromatic N) is 1. The number of alkyl halides is 1. The molecule has 4 heteroatoms. The van der Waals surface area contributed by atoms with Crippen molar-refractivity contribution in [3.8, 4) is 0 Å². The van der Waals surface area contributed by atoms with Gasteiger partial charge in [-0.2, -0.15) is 11.3 Å². The van der Waals surface area contributed by atoms with Crippen LogP contribution in [0.5, 0.6) is 0 Å². The van der Waals surface area contributed by atoms with Crippen LogP contribution in [0.25, 0.3) is 0 Å². The summed E-state index contributed by atoms with van der Waals surface area (Å²) < 4.78 is 0. The first kappa shape index (κ1) is 12.5. The van der Waals surface area contributed by atoms with Gasteiger partial charge in [0.05, 0.1) is 5.56 Å². The molecule has 0 saturated heterocycles. The van der Waals surface area contributed by atoms with Gasteiger partial charge in [-0.05, 0) is 24.3 Å². The van der Waals surface area contributed by atoms with Gasteiger partial charge in [0.2, 0.25) is 0 Å². The van der Waals surface area contributed by atoms with Crippen molar-refractivity contribution in [2.75, 3.05) is 19.5 Å². The van der Waals surface area contributed by atoms with E-state index in [2.05, 4.69) is 0 Å². The van der Waals surface area contributed by atoms with Gasteiger partial charge in [0.15, 0.2) is 0 Å². The molecule has 0 N–H and O–H groups in total. The number of amides is 1. The minimum Gasteiger partial charge on any atom is -0.342 e. The molecule has 2 nitrogen and oxygen atoms in total. The lowest BCUT2D eigenvalue weighted by Gasteiger charge is -2.15. The number of halogens is 1. The van der Waals surface area contributed by atoms with Gasteiger partial charge in [-0.15, -0.1) is 11.6 Å². The maximum atomic E-state index is 11.8. The summed E-state index contributed by atoms with van der Waals surface area (Å²) in [5.41, 5.74) is 0.792. The monoisotopic (exact) mass is 245 g/mol. The molecule has 0 unspecified atom stereocenters. The Balaban J connectivity index is 2.28. The van der Waals surface area contributed by atoms with Gasteiger partial charge in [-0.25, -0.2) is 0 Å². The maximum Gasteiger partial charge on any atom is 0.254 e. The summed E-state index contributed by atoms with van der Waals surface area (Å²) in [4.78, 5) is 13.6. The average Bonchev–Trinajstić information content (AvgIpc) is 2.76. The molecule has 1 aromatic heterocycles. The molecule has 0 aliphatic carbocycles. The van der Waals surface area contributed by atoms with E-state index in [1.54, 1.807) is 16.2 Å². The zero-order valence-electron chi connectivity index (χ0n) is 8.91. The SMILES string of the molecule is CN(CCCCCCl)C(=O)c1ccsc1. The van der Waals surface area contributed by atoms with Gasteiger partial charge >= 0.3 is 0 Å². The Morgan fingerprint density at radius 1 is 1.47 bits per heavy atom. The lowest BCUT2D eigenvalue weighted by Crippen LogP contribution is -2.27. The van der Waals surface area contributed by atoms with E-state index >= 15 is 0 Å². The van der Waals surface area contributed by atoms with Crippen molar-refractivity contribution < 1.29 is 4.79 Å². The fraction of sp³-hybridized carbons (Fsp3) is 0.545. The van der Waals surface area contributed by atoms with Crippen LogP contribution in [0.4, 0.5) is 0 Å². The van der Waals surface area contributed by atoms with Crippen LogP contribution < -0.4 is 0 Å². The standard InChI is InChI=1S/C11H16ClNOS/c1-13(7-4-2-3-6-12)11(14)10-5-8-15-9-10/h5,8-9H,2-4,6-7H2,1H3. The van der Waals surface area contributed by atoms with Crippen LogP contribution in [0.1, 0.15) is 29.6 Å². The lowest BCUT2D eigenvalue weighted by molar-refractivity contribution is 0.0793. The van der Waals surface area contributed by atoms with Crippen molar-refractivity contribution in [2.24, 2.45) is 0 Å². The molecule has 0 fully saturated rings.